The summed E-state index contributed by atoms with van der Waals surface area (Å²) in [6, 6.07) is 21.8. The maximum Gasteiger partial charge on any atom is 0.309 e. The summed E-state index contributed by atoms with van der Waals surface area (Å²) in [6.45, 7) is 0.419. The fourth-order valence-corrected chi connectivity index (χ4v) is 4.26. The minimum atomic E-state index is -0.212. The van der Waals surface area contributed by atoms with Crippen molar-refractivity contribution in [2.75, 3.05) is 33.3 Å². The molecule has 6 nitrogen and oxygen atoms in total. The molecule has 0 amide bonds. The third-order valence-electron chi connectivity index (χ3n) is 6.03. The van der Waals surface area contributed by atoms with E-state index in [0.29, 0.717) is 24.5 Å². The number of benzene rings is 3. The van der Waals surface area contributed by atoms with Crippen LogP contribution in [-0.2, 0) is 22.4 Å². The van der Waals surface area contributed by atoms with Crippen LogP contribution in [0.4, 0.5) is 11.4 Å². The van der Waals surface area contributed by atoms with Crippen molar-refractivity contribution in [3.63, 3.8) is 0 Å². The number of nitrogens with one attached hydrogen (secondary N) is 1. The van der Waals surface area contributed by atoms with Gasteiger partial charge < -0.3 is 24.3 Å². The van der Waals surface area contributed by atoms with Crippen molar-refractivity contribution in [3.05, 3.63) is 77.9 Å². The van der Waals surface area contributed by atoms with Gasteiger partial charge in [-0.2, -0.15) is 0 Å². The van der Waals surface area contributed by atoms with Crippen LogP contribution in [0.25, 0.3) is 0 Å². The molecule has 1 aliphatic rings. The van der Waals surface area contributed by atoms with Crippen molar-refractivity contribution >= 4 is 17.3 Å². The number of carbonyl (C=O) groups excluding carboxylic acids is 1. The number of cyclic esters (lactones) is 1. The van der Waals surface area contributed by atoms with E-state index in [1.54, 1.807) is 21.3 Å². The van der Waals surface area contributed by atoms with Crippen molar-refractivity contribution in [2.45, 2.75) is 12.8 Å². The van der Waals surface area contributed by atoms with Gasteiger partial charge >= 0.3 is 5.97 Å². The van der Waals surface area contributed by atoms with Crippen LogP contribution in [0.15, 0.2) is 66.7 Å². The van der Waals surface area contributed by atoms with Gasteiger partial charge in [-0.1, -0.05) is 30.3 Å². The number of esters is 1. The lowest BCUT2D eigenvalue weighted by Crippen LogP contribution is -2.20. The first kappa shape index (κ1) is 22.5. The normalized spacial score (nSPS) is 17.4. The first-order valence-electron chi connectivity index (χ1n) is 11.0. The summed E-state index contributed by atoms with van der Waals surface area (Å²) in [6.07, 6.45) is 1.32. The predicted molar refractivity (Wildman–Crippen MR) is 128 cm³/mol. The molecule has 6 heteroatoms. The van der Waals surface area contributed by atoms with E-state index in [-0.39, 0.29) is 17.8 Å². The van der Waals surface area contributed by atoms with Gasteiger partial charge in [0.1, 0.15) is 5.75 Å². The van der Waals surface area contributed by atoms with Crippen molar-refractivity contribution < 1.29 is 23.7 Å². The Morgan fingerprint density at radius 3 is 2.21 bits per heavy atom. The van der Waals surface area contributed by atoms with E-state index in [1.807, 2.05) is 66.7 Å². The molecule has 1 N–H and O–H groups in total. The summed E-state index contributed by atoms with van der Waals surface area (Å²) >= 11 is 0. The SMILES string of the molecule is COc1cc(C[C@H]2C(=O)OC[C@@H]2Cc2ccc(OC)c(OC)c2)ccc1Nc1ccccc1. The third-order valence-corrected chi connectivity index (χ3v) is 6.03. The largest absolute Gasteiger partial charge is 0.495 e. The summed E-state index contributed by atoms with van der Waals surface area (Å²) in [5, 5.41) is 3.38. The number of para-hydroxylation sites is 1. The van der Waals surface area contributed by atoms with Gasteiger partial charge in [-0.3, -0.25) is 4.79 Å². The van der Waals surface area contributed by atoms with Gasteiger partial charge in [0.05, 0.1) is 39.5 Å². The number of anilines is 2. The quantitative estimate of drug-likeness (QED) is 0.464. The highest BCUT2D eigenvalue weighted by Gasteiger charge is 2.37. The summed E-state index contributed by atoms with van der Waals surface area (Å²) in [5.74, 6) is 1.83. The van der Waals surface area contributed by atoms with Crippen LogP contribution in [0.3, 0.4) is 0 Å². The van der Waals surface area contributed by atoms with Crippen LogP contribution in [0.2, 0.25) is 0 Å². The van der Waals surface area contributed by atoms with Gasteiger partial charge in [-0.05, 0) is 60.4 Å². The molecule has 0 radical (unpaired) electrons. The standard InChI is InChI=1S/C27H29NO5/c1-30-24-12-10-18(16-26(24)32-3)13-20-17-33-27(29)22(20)14-19-9-11-23(25(15-19)31-2)28-21-7-5-4-6-8-21/h4-12,15-16,20,22,28H,13-14,17H2,1-3H3/t20-,22+/m0/s1. The third kappa shape index (κ3) is 5.22. The van der Waals surface area contributed by atoms with Crippen LogP contribution in [-0.4, -0.2) is 33.9 Å². The molecule has 0 aromatic heterocycles. The first-order valence-corrected chi connectivity index (χ1v) is 11.0. The van der Waals surface area contributed by atoms with E-state index < -0.39 is 0 Å². The minimum absolute atomic E-state index is 0.0868. The van der Waals surface area contributed by atoms with Crippen molar-refractivity contribution in [1.29, 1.82) is 0 Å². The molecule has 1 heterocycles. The Labute approximate surface area is 194 Å². The summed E-state index contributed by atoms with van der Waals surface area (Å²) < 4.78 is 21.8. The molecule has 0 spiro atoms. The lowest BCUT2D eigenvalue weighted by molar-refractivity contribution is -0.141. The van der Waals surface area contributed by atoms with Crippen LogP contribution in [0.5, 0.6) is 17.2 Å². The van der Waals surface area contributed by atoms with Gasteiger partial charge in [-0.15, -0.1) is 0 Å². The van der Waals surface area contributed by atoms with Gasteiger partial charge in [-0.25, -0.2) is 0 Å². The monoisotopic (exact) mass is 447 g/mol. The molecule has 2 atom stereocenters. The fourth-order valence-electron chi connectivity index (χ4n) is 4.26. The second kappa shape index (κ2) is 10.3. The maximum atomic E-state index is 12.6. The smallest absolute Gasteiger partial charge is 0.309 e. The van der Waals surface area contributed by atoms with E-state index >= 15 is 0 Å². The molecule has 0 aliphatic carbocycles. The zero-order valence-electron chi connectivity index (χ0n) is 19.2. The fraction of sp³-hybridized carbons (Fsp3) is 0.296. The Hall–Kier alpha value is -3.67. The molecule has 0 bridgehead atoms. The summed E-state index contributed by atoms with van der Waals surface area (Å²) in [7, 11) is 4.89. The Kier molecular flexibility index (Phi) is 7.03. The number of hydrogen-bond acceptors (Lipinski definition) is 6. The van der Waals surface area contributed by atoms with Crippen LogP contribution in [0.1, 0.15) is 11.1 Å². The number of rotatable bonds is 9. The van der Waals surface area contributed by atoms with E-state index in [2.05, 4.69) is 5.32 Å². The predicted octanol–water partition coefficient (Wildman–Crippen LogP) is 5.03. The van der Waals surface area contributed by atoms with Crippen LogP contribution >= 0.6 is 0 Å². The molecular formula is C27H29NO5. The summed E-state index contributed by atoms with van der Waals surface area (Å²) in [5.41, 5.74) is 3.98. The highest BCUT2D eigenvalue weighted by atomic mass is 16.5. The molecule has 33 heavy (non-hydrogen) atoms. The molecule has 0 saturated carbocycles. The molecular weight excluding hydrogens is 418 g/mol. The Morgan fingerprint density at radius 2 is 1.48 bits per heavy atom. The molecule has 4 rings (SSSR count). The molecule has 3 aromatic carbocycles. The van der Waals surface area contributed by atoms with Crippen LogP contribution in [0, 0.1) is 11.8 Å². The zero-order valence-corrected chi connectivity index (χ0v) is 19.2. The summed E-state index contributed by atoms with van der Waals surface area (Å²) in [4.78, 5) is 12.6. The first-order chi connectivity index (χ1) is 16.1. The Balaban J connectivity index is 1.49. The number of ether oxygens (including phenoxy) is 4. The van der Waals surface area contributed by atoms with E-state index in [1.165, 1.54) is 0 Å². The van der Waals surface area contributed by atoms with Gasteiger partial charge in [0.15, 0.2) is 11.5 Å². The van der Waals surface area contributed by atoms with E-state index in [4.69, 9.17) is 18.9 Å². The van der Waals surface area contributed by atoms with Crippen molar-refractivity contribution in [3.8, 4) is 17.2 Å². The maximum absolute atomic E-state index is 12.6. The Morgan fingerprint density at radius 1 is 0.818 bits per heavy atom. The second-order valence-electron chi connectivity index (χ2n) is 8.12. The molecule has 1 aliphatic heterocycles. The highest BCUT2D eigenvalue weighted by Crippen LogP contribution is 2.35. The van der Waals surface area contributed by atoms with Gasteiger partial charge in [0, 0.05) is 11.6 Å². The molecule has 0 unspecified atom stereocenters. The lowest BCUT2D eigenvalue weighted by Gasteiger charge is -2.18. The zero-order chi connectivity index (χ0) is 23.2. The van der Waals surface area contributed by atoms with Crippen LogP contribution < -0.4 is 19.5 Å². The molecule has 1 saturated heterocycles. The minimum Gasteiger partial charge on any atom is -0.495 e. The Bertz CT molecular complexity index is 1100. The molecule has 3 aromatic rings. The average molecular weight is 448 g/mol. The van der Waals surface area contributed by atoms with Crippen molar-refractivity contribution in [2.24, 2.45) is 11.8 Å². The number of carbonyl (C=O) groups is 1. The van der Waals surface area contributed by atoms with E-state index in [0.717, 1.165) is 34.7 Å². The number of hydrogen-bond donors (Lipinski definition) is 1. The molecule has 172 valence electrons. The topological polar surface area (TPSA) is 66.0 Å². The van der Waals surface area contributed by atoms with Gasteiger partial charge in [0.25, 0.3) is 0 Å². The van der Waals surface area contributed by atoms with E-state index in [9.17, 15) is 4.79 Å². The second-order valence-corrected chi connectivity index (χ2v) is 8.12. The average Bonchev–Trinajstić information content (AvgIpc) is 3.19. The molecule has 1 fully saturated rings. The lowest BCUT2D eigenvalue weighted by atomic mass is 9.85. The van der Waals surface area contributed by atoms with Crippen molar-refractivity contribution in [1.82, 2.24) is 0 Å². The highest BCUT2D eigenvalue weighted by molar-refractivity contribution is 5.75. The number of methoxy groups -OCH3 is 3. The van der Waals surface area contributed by atoms with Gasteiger partial charge in [0.2, 0.25) is 0 Å².